The molecule has 0 spiro atoms. The second-order valence-electron chi connectivity index (χ2n) is 4.93. The minimum atomic E-state index is -0.680. The lowest BCUT2D eigenvalue weighted by Gasteiger charge is -2.38. The maximum absolute atomic E-state index is 11.7. The molecule has 3 N–H and O–H groups in total. The van der Waals surface area contributed by atoms with Gasteiger partial charge >= 0.3 is 6.09 Å². The van der Waals surface area contributed by atoms with Gasteiger partial charge in [0.1, 0.15) is 0 Å². The number of rotatable bonds is 5. The minimum absolute atomic E-state index is 0.205. The van der Waals surface area contributed by atoms with Crippen LogP contribution >= 0.6 is 0 Å². The molecule has 0 aromatic carbocycles. The molecule has 19 heavy (non-hydrogen) atoms. The van der Waals surface area contributed by atoms with Crippen LogP contribution in [0.3, 0.4) is 0 Å². The lowest BCUT2D eigenvalue weighted by Crippen LogP contribution is -2.51. The quantitative estimate of drug-likeness (QED) is 0.769. The van der Waals surface area contributed by atoms with Gasteiger partial charge in [-0.3, -0.25) is 15.0 Å². The Hall–Kier alpha value is -1.14. The van der Waals surface area contributed by atoms with E-state index in [1.54, 1.807) is 6.92 Å². The molecular formula is C13H25N3O3. The number of nitrogens with two attached hydrogens (primary N) is 1. The molecule has 1 aliphatic rings. The van der Waals surface area contributed by atoms with E-state index in [1.165, 1.54) is 0 Å². The molecule has 1 heterocycles. The van der Waals surface area contributed by atoms with Gasteiger partial charge in [0.05, 0.1) is 13.2 Å². The molecule has 0 aliphatic carbocycles. The monoisotopic (exact) mass is 271 g/mol. The van der Waals surface area contributed by atoms with Crippen molar-refractivity contribution in [2.75, 3.05) is 26.2 Å². The summed E-state index contributed by atoms with van der Waals surface area (Å²) in [6, 6.07) is 0.228. The molecule has 1 saturated heterocycles. The normalized spacial score (nSPS) is 23.9. The Labute approximate surface area is 114 Å². The fourth-order valence-corrected chi connectivity index (χ4v) is 2.51. The first-order valence-corrected chi connectivity index (χ1v) is 7.01. The predicted octanol–water partition coefficient (Wildman–Crippen LogP) is 0.708. The van der Waals surface area contributed by atoms with Crippen molar-refractivity contribution in [2.24, 2.45) is 11.7 Å². The highest BCUT2D eigenvalue weighted by Crippen LogP contribution is 2.24. The zero-order chi connectivity index (χ0) is 14.3. The van der Waals surface area contributed by atoms with Crippen molar-refractivity contribution in [3.8, 4) is 0 Å². The van der Waals surface area contributed by atoms with Crippen LogP contribution < -0.4 is 11.1 Å². The number of carbonyl (C=O) groups is 2. The lowest BCUT2D eigenvalue weighted by atomic mass is 9.89. The summed E-state index contributed by atoms with van der Waals surface area (Å²) in [7, 11) is 0. The van der Waals surface area contributed by atoms with Crippen LogP contribution in [-0.2, 0) is 9.53 Å². The highest BCUT2D eigenvalue weighted by molar-refractivity contribution is 5.92. The van der Waals surface area contributed by atoms with Crippen molar-refractivity contribution in [1.29, 1.82) is 0 Å². The van der Waals surface area contributed by atoms with Crippen molar-refractivity contribution in [1.82, 2.24) is 10.2 Å². The van der Waals surface area contributed by atoms with Crippen molar-refractivity contribution in [2.45, 2.75) is 39.2 Å². The number of hydrogen-bond acceptors (Lipinski definition) is 5. The van der Waals surface area contributed by atoms with Crippen LogP contribution in [0.15, 0.2) is 0 Å². The van der Waals surface area contributed by atoms with Crippen LogP contribution in [0.25, 0.3) is 0 Å². The third-order valence-corrected chi connectivity index (χ3v) is 3.66. The van der Waals surface area contributed by atoms with Gasteiger partial charge in [-0.05, 0) is 32.2 Å². The molecule has 0 radical (unpaired) electrons. The van der Waals surface area contributed by atoms with Crippen molar-refractivity contribution >= 4 is 12.0 Å². The largest absolute Gasteiger partial charge is 0.450 e. The third-order valence-electron chi connectivity index (χ3n) is 3.66. The number of amides is 2. The Kier molecular flexibility index (Phi) is 6.80. The smallest absolute Gasteiger partial charge is 0.413 e. The first-order chi connectivity index (χ1) is 9.10. The molecule has 1 fully saturated rings. The van der Waals surface area contributed by atoms with Crippen molar-refractivity contribution < 1.29 is 14.3 Å². The van der Waals surface area contributed by atoms with Crippen LogP contribution in [0.2, 0.25) is 0 Å². The summed E-state index contributed by atoms with van der Waals surface area (Å²) in [6.07, 6.45) is 2.58. The molecule has 0 saturated carbocycles. The first-order valence-electron chi connectivity index (χ1n) is 7.01. The standard InChI is InChI=1S/C13H25N3O3/c1-3-10-5-6-16(11(7-10)8-14)9-12(17)15-13(18)19-4-2/h10-11H,3-9,14H2,1-2H3,(H,15,17,18). The SMILES string of the molecule is CCOC(=O)NC(=O)CN1CCC(CC)CC1CN. The molecule has 1 aliphatic heterocycles. The predicted molar refractivity (Wildman–Crippen MR) is 72.6 cm³/mol. The van der Waals surface area contributed by atoms with Gasteiger partial charge in [-0.1, -0.05) is 13.3 Å². The number of nitrogens with zero attached hydrogens (tertiary/aromatic N) is 1. The number of imide groups is 1. The van der Waals surface area contributed by atoms with E-state index >= 15 is 0 Å². The molecule has 0 bridgehead atoms. The number of ether oxygens (including phenoxy) is 1. The van der Waals surface area contributed by atoms with Gasteiger partial charge in [0.25, 0.3) is 0 Å². The number of piperidine rings is 1. The molecule has 110 valence electrons. The maximum atomic E-state index is 11.7. The Balaban J connectivity index is 2.42. The van der Waals surface area contributed by atoms with Gasteiger partial charge in [0.15, 0.2) is 0 Å². The topological polar surface area (TPSA) is 84.7 Å². The highest BCUT2D eigenvalue weighted by Gasteiger charge is 2.28. The summed E-state index contributed by atoms with van der Waals surface area (Å²) in [6.45, 7) is 5.74. The van der Waals surface area contributed by atoms with E-state index in [0.717, 1.165) is 25.8 Å². The van der Waals surface area contributed by atoms with Crippen molar-refractivity contribution in [3.05, 3.63) is 0 Å². The average molecular weight is 271 g/mol. The van der Waals surface area contributed by atoms with Gasteiger partial charge in [-0.2, -0.15) is 0 Å². The second-order valence-corrected chi connectivity index (χ2v) is 4.93. The fraction of sp³-hybridized carbons (Fsp3) is 0.846. The highest BCUT2D eigenvalue weighted by atomic mass is 16.5. The molecular weight excluding hydrogens is 246 g/mol. The summed E-state index contributed by atoms with van der Waals surface area (Å²) >= 11 is 0. The van der Waals surface area contributed by atoms with E-state index in [2.05, 4.69) is 21.9 Å². The van der Waals surface area contributed by atoms with Gasteiger partial charge in [-0.15, -0.1) is 0 Å². The van der Waals surface area contributed by atoms with E-state index < -0.39 is 6.09 Å². The van der Waals surface area contributed by atoms with Crippen LogP contribution in [0.5, 0.6) is 0 Å². The zero-order valence-corrected chi connectivity index (χ0v) is 11.9. The molecule has 2 atom stereocenters. The molecule has 1 rings (SSSR count). The Morgan fingerprint density at radius 1 is 1.42 bits per heavy atom. The van der Waals surface area contributed by atoms with E-state index in [1.807, 2.05) is 0 Å². The first kappa shape index (κ1) is 15.9. The lowest BCUT2D eigenvalue weighted by molar-refractivity contribution is -0.122. The second kappa shape index (κ2) is 8.12. The fourth-order valence-electron chi connectivity index (χ4n) is 2.51. The van der Waals surface area contributed by atoms with Gasteiger partial charge in [0, 0.05) is 12.6 Å². The summed E-state index contributed by atoms with van der Waals surface area (Å²) in [5, 5.41) is 2.22. The van der Waals surface area contributed by atoms with E-state index in [-0.39, 0.29) is 25.1 Å². The summed E-state index contributed by atoms with van der Waals surface area (Å²) in [5.41, 5.74) is 5.77. The summed E-state index contributed by atoms with van der Waals surface area (Å²) < 4.78 is 4.68. The van der Waals surface area contributed by atoms with Gasteiger partial charge < -0.3 is 10.5 Å². The zero-order valence-electron chi connectivity index (χ0n) is 11.9. The molecule has 6 nitrogen and oxygen atoms in total. The summed E-state index contributed by atoms with van der Waals surface area (Å²) in [5.74, 6) is 0.366. The van der Waals surface area contributed by atoms with E-state index in [0.29, 0.717) is 12.5 Å². The Morgan fingerprint density at radius 3 is 2.74 bits per heavy atom. The minimum Gasteiger partial charge on any atom is -0.450 e. The Morgan fingerprint density at radius 2 is 2.16 bits per heavy atom. The number of nitrogens with one attached hydrogen (secondary N) is 1. The average Bonchev–Trinajstić information content (AvgIpc) is 2.39. The number of likely N-dealkylation sites (tertiary alicyclic amines) is 1. The molecule has 6 heteroatoms. The Bertz CT molecular complexity index is 310. The van der Waals surface area contributed by atoms with E-state index in [9.17, 15) is 9.59 Å². The molecule has 2 unspecified atom stereocenters. The number of carbonyl (C=O) groups excluding carboxylic acids is 2. The van der Waals surface area contributed by atoms with E-state index in [4.69, 9.17) is 5.73 Å². The van der Waals surface area contributed by atoms with Crippen LogP contribution in [0.4, 0.5) is 4.79 Å². The van der Waals surface area contributed by atoms with Crippen LogP contribution in [0.1, 0.15) is 33.1 Å². The van der Waals surface area contributed by atoms with Crippen molar-refractivity contribution in [3.63, 3.8) is 0 Å². The molecule has 0 aromatic heterocycles. The van der Waals surface area contributed by atoms with Crippen LogP contribution in [0, 0.1) is 5.92 Å². The third kappa shape index (κ3) is 5.16. The molecule has 0 aromatic rings. The molecule has 2 amide bonds. The van der Waals surface area contributed by atoms with Crippen LogP contribution in [-0.4, -0.2) is 49.2 Å². The van der Waals surface area contributed by atoms with Gasteiger partial charge in [-0.25, -0.2) is 4.79 Å². The number of alkyl carbamates (subject to hydrolysis) is 1. The number of hydrogen-bond donors (Lipinski definition) is 2. The summed E-state index contributed by atoms with van der Waals surface area (Å²) in [4.78, 5) is 24.9. The maximum Gasteiger partial charge on any atom is 0.413 e. The van der Waals surface area contributed by atoms with Gasteiger partial charge in [0.2, 0.25) is 5.91 Å².